The number of hydrogen-bond acceptors (Lipinski definition) is 6. The summed E-state index contributed by atoms with van der Waals surface area (Å²) >= 11 is 1.43. The molecule has 1 atom stereocenters. The van der Waals surface area contributed by atoms with Crippen LogP contribution < -0.4 is 5.32 Å². The molecule has 0 amide bonds. The summed E-state index contributed by atoms with van der Waals surface area (Å²) < 4.78 is 41.3. The van der Waals surface area contributed by atoms with Crippen molar-refractivity contribution in [2.45, 2.75) is 41.5 Å². The van der Waals surface area contributed by atoms with Gasteiger partial charge in [-0.15, -0.1) is 11.8 Å². The number of thioether (sulfide) groups is 1. The molecule has 0 aliphatic carbocycles. The quantitative estimate of drug-likeness (QED) is 0.529. The SMILES string of the molecule is O=[N+]([O-])c1cc(S(=O)(=O)N2CCCCC2)ccc1N[C@@H]1CCSc2c(F)cccc21. The Morgan fingerprint density at radius 2 is 1.93 bits per heavy atom. The van der Waals surface area contributed by atoms with Gasteiger partial charge in [0.25, 0.3) is 5.69 Å². The Bertz CT molecular complexity index is 1070. The van der Waals surface area contributed by atoms with E-state index in [1.807, 2.05) is 6.07 Å². The lowest BCUT2D eigenvalue weighted by Crippen LogP contribution is -2.35. The van der Waals surface area contributed by atoms with Crippen LogP contribution in [0.5, 0.6) is 0 Å². The Morgan fingerprint density at radius 3 is 2.67 bits per heavy atom. The zero-order valence-electron chi connectivity index (χ0n) is 16.2. The van der Waals surface area contributed by atoms with E-state index >= 15 is 0 Å². The number of anilines is 1. The predicted molar refractivity (Wildman–Crippen MR) is 114 cm³/mol. The number of piperidine rings is 1. The topological polar surface area (TPSA) is 92.5 Å². The van der Waals surface area contributed by atoms with Crippen molar-refractivity contribution in [2.75, 3.05) is 24.2 Å². The zero-order chi connectivity index (χ0) is 21.3. The summed E-state index contributed by atoms with van der Waals surface area (Å²) in [6.07, 6.45) is 3.23. The number of rotatable bonds is 5. The van der Waals surface area contributed by atoms with Crippen LogP contribution in [0.3, 0.4) is 0 Å². The van der Waals surface area contributed by atoms with Gasteiger partial charge in [-0.1, -0.05) is 18.6 Å². The van der Waals surface area contributed by atoms with Crippen molar-refractivity contribution >= 4 is 33.2 Å². The Kier molecular flexibility index (Phi) is 5.99. The zero-order valence-corrected chi connectivity index (χ0v) is 17.8. The summed E-state index contributed by atoms with van der Waals surface area (Å²) in [5, 5.41) is 14.9. The number of benzene rings is 2. The second-order valence-corrected chi connectivity index (χ2v) is 10.4. The van der Waals surface area contributed by atoms with Crippen molar-refractivity contribution in [3.05, 3.63) is 57.9 Å². The minimum absolute atomic E-state index is 0.0766. The number of nitro benzene ring substituents is 1. The highest BCUT2D eigenvalue weighted by Gasteiger charge is 2.30. The van der Waals surface area contributed by atoms with Gasteiger partial charge >= 0.3 is 0 Å². The van der Waals surface area contributed by atoms with Gasteiger partial charge in [0, 0.05) is 29.8 Å². The second kappa shape index (κ2) is 8.52. The lowest BCUT2D eigenvalue weighted by Gasteiger charge is -2.27. The first-order valence-corrected chi connectivity index (χ1v) is 12.3. The molecule has 0 radical (unpaired) electrons. The van der Waals surface area contributed by atoms with Crippen LogP contribution in [0.15, 0.2) is 46.2 Å². The van der Waals surface area contributed by atoms with Crippen LogP contribution in [0, 0.1) is 15.9 Å². The molecule has 0 spiro atoms. The highest BCUT2D eigenvalue weighted by Crippen LogP contribution is 2.41. The van der Waals surface area contributed by atoms with Crippen molar-refractivity contribution in [3.8, 4) is 0 Å². The van der Waals surface area contributed by atoms with Crippen LogP contribution in [0.25, 0.3) is 0 Å². The minimum Gasteiger partial charge on any atom is -0.373 e. The fraction of sp³-hybridized carbons (Fsp3) is 0.400. The summed E-state index contributed by atoms with van der Waals surface area (Å²) in [4.78, 5) is 11.6. The minimum atomic E-state index is -3.77. The molecule has 0 aromatic heterocycles. The maximum absolute atomic E-state index is 14.1. The third-order valence-electron chi connectivity index (χ3n) is 5.47. The lowest BCUT2D eigenvalue weighted by atomic mass is 10.0. The van der Waals surface area contributed by atoms with Crippen molar-refractivity contribution < 1.29 is 17.7 Å². The predicted octanol–water partition coefficient (Wildman–Crippen LogP) is 4.56. The van der Waals surface area contributed by atoms with Gasteiger partial charge < -0.3 is 5.32 Å². The molecule has 1 fully saturated rings. The molecule has 2 heterocycles. The molecule has 1 saturated heterocycles. The van der Waals surface area contributed by atoms with Crippen molar-refractivity contribution in [1.29, 1.82) is 0 Å². The maximum Gasteiger partial charge on any atom is 0.293 e. The molecule has 160 valence electrons. The first-order chi connectivity index (χ1) is 14.4. The van der Waals surface area contributed by atoms with Gasteiger partial charge in [0.1, 0.15) is 11.5 Å². The van der Waals surface area contributed by atoms with Gasteiger partial charge in [0.05, 0.1) is 15.9 Å². The normalized spacial score (nSPS) is 19.8. The number of nitro groups is 1. The Morgan fingerprint density at radius 1 is 1.17 bits per heavy atom. The van der Waals surface area contributed by atoms with Gasteiger partial charge in [-0.05, 0) is 43.0 Å². The van der Waals surface area contributed by atoms with Gasteiger partial charge in [-0.3, -0.25) is 10.1 Å². The van der Waals surface area contributed by atoms with E-state index in [9.17, 15) is 22.9 Å². The molecule has 2 aliphatic rings. The molecule has 10 heteroatoms. The Labute approximate surface area is 178 Å². The summed E-state index contributed by atoms with van der Waals surface area (Å²) in [5.41, 5.74) is 0.680. The fourth-order valence-corrected chi connectivity index (χ4v) is 6.60. The third-order valence-corrected chi connectivity index (χ3v) is 8.53. The molecule has 30 heavy (non-hydrogen) atoms. The summed E-state index contributed by atoms with van der Waals surface area (Å²) in [7, 11) is -3.77. The molecule has 0 bridgehead atoms. The first kappa shape index (κ1) is 21.1. The number of halogens is 1. The van der Waals surface area contributed by atoms with Crippen LogP contribution in [0.4, 0.5) is 15.8 Å². The van der Waals surface area contributed by atoms with E-state index < -0.39 is 14.9 Å². The summed E-state index contributed by atoms with van der Waals surface area (Å²) in [5.74, 6) is 0.377. The van der Waals surface area contributed by atoms with Crippen LogP contribution in [0.1, 0.15) is 37.3 Å². The van der Waals surface area contributed by atoms with Crippen molar-refractivity contribution in [3.63, 3.8) is 0 Å². The Hall–Kier alpha value is -2.17. The van der Waals surface area contributed by atoms with Gasteiger partial charge in [-0.25, -0.2) is 12.8 Å². The lowest BCUT2D eigenvalue weighted by molar-refractivity contribution is -0.384. The van der Waals surface area contributed by atoms with Crippen LogP contribution in [-0.2, 0) is 10.0 Å². The molecule has 0 saturated carbocycles. The average molecular weight is 452 g/mol. The number of sulfonamides is 1. The van der Waals surface area contributed by atoms with E-state index in [2.05, 4.69) is 5.32 Å². The van der Waals surface area contributed by atoms with E-state index in [-0.39, 0.29) is 28.1 Å². The smallest absolute Gasteiger partial charge is 0.293 e. The number of nitrogens with one attached hydrogen (secondary N) is 1. The molecule has 2 aromatic rings. The first-order valence-electron chi connectivity index (χ1n) is 9.84. The molecular weight excluding hydrogens is 429 g/mol. The highest BCUT2D eigenvalue weighted by atomic mass is 32.2. The third kappa shape index (κ3) is 4.03. The average Bonchev–Trinajstić information content (AvgIpc) is 2.75. The molecule has 0 unspecified atom stereocenters. The molecule has 2 aromatic carbocycles. The largest absolute Gasteiger partial charge is 0.373 e. The Balaban J connectivity index is 1.66. The number of hydrogen-bond donors (Lipinski definition) is 1. The maximum atomic E-state index is 14.1. The molecule has 7 nitrogen and oxygen atoms in total. The van der Waals surface area contributed by atoms with E-state index in [0.717, 1.165) is 30.9 Å². The van der Waals surface area contributed by atoms with Gasteiger partial charge in [0.2, 0.25) is 10.0 Å². The van der Waals surface area contributed by atoms with Crippen LogP contribution >= 0.6 is 11.8 Å². The van der Waals surface area contributed by atoms with E-state index in [4.69, 9.17) is 0 Å². The molecule has 4 rings (SSSR count). The molecular formula is C20H22FN3O4S2. The fourth-order valence-electron chi connectivity index (χ4n) is 3.92. The monoisotopic (exact) mass is 451 g/mol. The van der Waals surface area contributed by atoms with Gasteiger partial charge in [0.15, 0.2) is 0 Å². The van der Waals surface area contributed by atoms with Crippen LogP contribution in [-0.4, -0.2) is 36.5 Å². The van der Waals surface area contributed by atoms with Crippen molar-refractivity contribution in [1.82, 2.24) is 4.31 Å². The summed E-state index contributed by atoms with van der Waals surface area (Å²) in [6, 6.07) is 8.51. The van der Waals surface area contributed by atoms with Gasteiger partial charge in [-0.2, -0.15) is 4.31 Å². The van der Waals surface area contributed by atoms with E-state index in [0.29, 0.717) is 30.2 Å². The van der Waals surface area contributed by atoms with Crippen molar-refractivity contribution in [2.24, 2.45) is 0 Å². The second-order valence-electron chi connectivity index (χ2n) is 7.39. The van der Waals surface area contributed by atoms with E-state index in [1.165, 1.54) is 34.3 Å². The molecule has 2 aliphatic heterocycles. The highest BCUT2D eigenvalue weighted by molar-refractivity contribution is 7.99. The standard InChI is InChI=1S/C20H22FN3O4S2/c21-16-6-4-5-15-17(9-12-29-20(15)16)22-18-8-7-14(13-19(18)24(25)26)30(27,28)23-10-2-1-3-11-23/h4-8,13,17,22H,1-3,9-12H2/t17-/m1/s1. The molecule has 1 N–H and O–H groups in total. The summed E-state index contributed by atoms with van der Waals surface area (Å²) in [6.45, 7) is 0.858. The number of nitrogens with zero attached hydrogens (tertiary/aromatic N) is 2. The van der Waals surface area contributed by atoms with Crippen LogP contribution in [0.2, 0.25) is 0 Å². The number of fused-ring (bicyclic) bond motifs is 1. The van der Waals surface area contributed by atoms with E-state index in [1.54, 1.807) is 6.07 Å².